The maximum atomic E-state index is 12.4. The number of carbonyl (C=O) groups excluding carboxylic acids is 5. The summed E-state index contributed by atoms with van der Waals surface area (Å²) in [5.74, 6) is 12.1. The molecule has 8 saturated carbocycles. The number of ketones is 3. The summed E-state index contributed by atoms with van der Waals surface area (Å²) in [6.07, 6.45) is 42.1. The first kappa shape index (κ1) is 77.4. The molecule has 12 aliphatic carbocycles. The Balaban J connectivity index is 0.000000156. The summed E-state index contributed by atoms with van der Waals surface area (Å²) in [5.41, 5.74) is 6.46. The molecule has 2 aliphatic heterocycles. The Hall–Kier alpha value is -1.22. The molecule has 528 valence electrons. The number of ether oxygens (including phenoxy) is 4. The van der Waals surface area contributed by atoms with E-state index >= 15 is 0 Å². The first-order valence-corrected chi connectivity index (χ1v) is 38.8. The van der Waals surface area contributed by atoms with Crippen molar-refractivity contribution in [3.05, 3.63) is 58.7 Å². The van der Waals surface area contributed by atoms with Gasteiger partial charge in [0, 0.05) is 84.7 Å². The van der Waals surface area contributed by atoms with E-state index < -0.39 is 5.60 Å². The maximum Gasteiger partial charge on any atom is 0.156 e. The standard InChI is InChI=1S/C31H46O5.C27H40O3.C27H40O.2Y/c1-19(8-9-20(2)29(4,5)36-18-33)23-10-11-24-27-21(3)28(35-17-32)26-16-22(34)12-14-31(26,7)25(27)13-15-30(23,24)6;1-15(6-9-21-25(2,3)30-21)17-7-8-18-22-19(11-13-26(17,18)4)27(5)12-10-16(28)14-20(27)23-24(22)29-23;1-18(2)7-6-8-19(3)23-11-12-24-22-10-9-20-17-21(28)13-15-26(20,4)25(22)14-16-27(23,24)5;;/h16,19-21,23-25,27-28H,8-15H2,1-7H3;14-15,17-19,21-24H,6-13H2,1-5H3;7,9-10,17,19,22-25H,6,8,11-16H2,1-5H3;;/q-2;;;;/t19-,20?,21?,23-,24+,25+,27+,28?,30-,31-;15-,17-,18+,19+,21?,22+,23?,24?,26-,27-;19-,22+,23-,24+,25+,26+,27-;;/m111../s1. The Labute approximate surface area is 632 Å². The summed E-state index contributed by atoms with van der Waals surface area (Å²) in [5, 5.41) is 0. The normalized spacial score (nSPS) is 44.9. The van der Waals surface area contributed by atoms with Crippen LogP contribution in [0.1, 0.15) is 272 Å². The fourth-order valence-corrected chi connectivity index (χ4v) is 26.3. The van der Waals surface area contributed by atoms with Crippen molar-refractivity contribution in [3.63, 3.8) is 0 Å². The van der Waals surface area contributed by atoms with E-state index in [4.69, 9.17) is 18.9 Å². The second-order valence-corrected chi connectivity index (χ2v) is 37.7. The molecule has 2 radical (unpaired) electrons. The second kappa shape index (κ2) is 29.0. The van der Waals surface area contributed by atoms with E-state index in [-0.39, 0.29) is 123 Å². The first-order chi connectivity index (χ1) is 44.3. The van der Waals surface area contributed by atoms with Crippen LogP contribution >= 0.6 is 0 Å². The molecule has 0 bridgehead atoms. The van der Waals surface area contributed by atoms with Crippen LogP contribution in [0.4, 0.5) is 0 Å². The van der Waals surface area contributed by atoms with Crippen LogP contribution in [0.15, 0.2) is 58.7 Å². The first-order valence-electron chi connectivity index (χ1n) is 38.8. The molecule has 0 aromatic rings. The molecule has 11 heteroatoms. The third-order valence-corrected chi connectivity index (χ3v) is 32.4. The zero-order valence-corrected chi connectivity index (χ0v) is 68.6. The van der Waals surface area contributed by atoms with Crippen LogP contribution in [0.3, 0.4) is 0 Å². The number of allylic oxidation sites excluding steroid dienone is 6. The number of carbonyl (C=O) groups is 3. The van der Waals surface area contributed by atoms with E-state index in [0.29, 0.717) is 82.5 Å². The molecule has 14 aliphatic rings. The summed E-state index contributed by atoms with van der Waals surface area (Å²) >= 11 is 0. The summed E-state index contributed by atoms with van der Waals surface area (Å²) < 4.78 is 23.1. The third kappa shape index (κ3) is 13.7. The van der Waals surface area contributed by atoms with E-state index in [1.807, 2.05) is 26.0 Å². The predicted octanol–water partition coefficient (Wildman–Crippen LogP) is 19.4. The van der Waals surface area contributed by atoms with Gasteiger partial charge in [-0.05, 0) is 338 Å². The topological polar surface area (TPSA) is 129 Å². The largest absolute Gasteiger partial charge is 0.649 e. The summed E-state index contributed by atoms with van der Waals surface area (Å²) in [7, 11) is 0. The minimum Gasteiger partial charge on any atom is -0.649 e. The SMILES string of the molecule is CC(C)=CCC[C@@H](C)[C@H]1CC[C@H]2[C@@H]3C=CC4=CC(=O)CC[C@]4(C)[C@H]3CC[C@]12C.CC1C(O[C-]=O)C2=CC(=O)CC[C@]2(C)[C@H]2CC[C@]3(C)[C@@H]([C@H](C)CCC(C)C(C)(C)O[C-]=O)CC[C@H]3[C@H]12.C[C@H](CCC1OC1(C)C)[C@H]1CC[C@H]2[C@@H]3C4OC4C4=CC(=O)CC[C@]4(C)[C@H]3CC[C@]12C.[Y].[Y]. The van der Waals surface area contributed by atoms with E-state index in [2.05, 4.69) is 122 Å². The smallest absolute Gasteiger partial charge is 0.156 e. The molecule has 96 heavy (non-hydrogen) atoms. The van der Waals surface area contributed by atoms with Gasteiger partial charge in [-0.25, -0.2) is 0 Å². The summed E-state index contributed by atoms with van der Waals surface area (Å²) in [6.45, 7) is 43.2. The van der Waals surface area contributed by atoms with E-state index in [9.17, 15) is 24.0 Å². The van der Waals surface area contributed by atoms with Gasteiger partial charge >= 0.3 is 0 Å². The number of epoxide rings is 2. The van der Waals surface area contributed by atoms with Gasteiger partial charge in [0.1, 0.15) is 6.10 Å². The fraction of sp³-hybridized carbons (Fsp3) is 0.824. The Kier molecular flexibility index (Phi) is 23.4. The van der Waals surface area contributed by atoms with Crippen LogP contribution in [0.5, 0.6) is 0 Å². The average molecular weight is 1470 g/mol. The van der Waals surface area contributed by atoms with Crippen LogP contribution in [0.25, 0.3) is 0 Å². The number of rotatable bonds is 17. The van der Waals surface area contributed by atoms with E-state index in [1.54, 1.807) is 19.0 Å². The van der Waals surface area contributed by atoms with Crippen LogP contribution in [-0.4, -0.2) is 65.9 Å². The molecule has 27 atom stereocenters. The Morgan fingerprint density at radius 1 is 0.594 bits per heavy atom. The van der Waals surface area contributed by atoms with Gasteiger partial charge in [0.05, 0.1) is 29.5 Å². The predicted molar refractivity (Wildman–Crippen MR) is 374 cm³/mol. The monoisotopic (exact) mass is 1470 g/mol. The quantitative estimate of drug-likeness (QED) is 0.0794. The zero-order chi connectivity index (χ0) is 67.6. The minimum absolute atomic E-state index is 0. The fourth-order valence-electron chi connectivity index (χ4n) is 26.3. The molecular formula is C85H126O9Y2-2. The zero-order valence-electron chi connectivity index (χ0n) is 62.9. The molecule has 0 spiro atoms. The maximum absolute atomic E-state index is 12.4. The Morgan fingerprint density at radius 3 is 1.65 bits per heavy atom. The Bertz CT molecular complexity index is 3060. The molecule has 6 unspecified atom stereocenters. The van der Waals surface area contributed by atoms with E-state index in [1.165, 1.54) is 119 Å². The van der Waals surface area contributed by atoms with Crippen LogP contribution in [0.2, 0.25) is 0 Å². The molecule has 2 saturated heterocycles. The number of hydrogen-bond acceptors (Lipinski definition) is 9. The third-order valence-electron chi connectivity index (χ3n) is 32.4. The van der Waals surface area contributed by atoms with Crippen molar-refractivity contribution in [2.75, 3.05) is 0 Å². The van der Waals surface area contributed by atoms with Crippen molar-refractivity contribution in [3.8, 4) is 0 Å². The Morgan fingerprint density at radius 2 is 1.08 bits per heavy atom. The molecule has 10 fully saturated rings. The molecule has 0 aromatic heterocycles. The molecular weight excluding hydrogens is 1340 g/mol. The van der Waals surface area contributed by atoms with Gasteiger partial charge in [-0.1, -0.05) is 119 Å². The van der Waals surface area contributed by atoms with Gasteiger partial charge in [-0.3, -0.25) is 14.4 Å². The summed E-state index contributed by atoms with van der Waals surface area (Å²) in [6, 6.07) is 0. The molecule has 2 heterocycles. The van der Waals surface area contributed by atoms with Crippen molar-refractivity contribution < 1.29 is 108 Å². The molecule has 9 nitrogen and oxygen atoms in total. The molecule has 14 rings (SSSR count). The minimum atomic E-state index is -0.494. The van der Waals surface area contributed by atoms with Crippen molar-refractivity contribution >= 4 is 30.3 Å². The van der Waals surface area contributed by atoms with Crippen LogP contribution in [0, 0.1) is 133 Å². The summed E-state index contributed by atoms with van der Waals surface area (Å²) in [4.78, 5) is 58.7. The van der Waals surface area contributed by atoms with Crippen LogP contribution < -0.4 is 0 Å². The van der Waals surface area contributed by atoms with Gasteiger partial charge in [-0.2, -0.15) is 0 Å². The average Bonchev–Trinajstić information content (AvgIpc) is 1.52. The van der Waals surface area contributed by atoms with Crippen molar-refractivity contribution in [2.24, 2.45) is 133 Å². The van der Waals surface area contributed by atoms with Gasteiger partial charge in [0.15, 0.2) is 17.3 Å². The number of fused-ring (bicyclic) bond motifs is 18. The van der Waals surface area contributed by atoms with Crippen molar-refractivity contribution in [1.82, 2.24) is 0 Å². The van der Waals surface area contributed by atoms with Gasteiger partial charge in [0.2, 0.25) is 0 Å². The van der Waals surface area contributed by atoms with Crippen molar-refractivity contribution in [1.29, 1.82) is 0 Å². The second-order valence-electron chi connectivity index (χ2n) is 37.7. The number of hydrogen-bond donors (Lipinski definition) is 0. The molecule has 0 aromatic carbocycles. The van der Waals surface area contributed by atoms with Crippen molar-refractivity contribution in [2.45, 2.75) is 307 Å². The molecule has 0 N–H and O–H groups in total. The molecule has 0 amide bonds. The van der Waals surface area contributed by atoms with Gasteiger partial charge < -0.3 is 28.5 Å². The van der Waals surface area contributed by atoms with Gasteiger partial charge in [-0.15, -0.1) is 0 Å². The van der Waals surface area contributed by atoms with Gasteiger partial charge in [0.25, 0.3) is 0 Å². The van der Waals surface area contributed by atoms with E-state index in [0.717, 1.165) is 97.9 Å². The van der Waals surface area contributed by atoms with Crippen LogP contribution in [-0.2, 0) is 108 Å².